The first kappa shape index (κ1) is 19.2. The van der Waals surface area contributed by atoms with Crippen molar-refractivity contribution in [2.24, 2.45) is 11.8 Å². The first-order valence-corrected chi connectivity index (χ1v) is 10.4. The van der Waals surface area contributed by atoms with Crippen LogP contribution in [0.4, 0.5) is 5.69 Å². The van der Waals surface area contributed by atoms with Gasteiger partial charge >= 0.3 is 0 Å². The van der Waals surface area contributed by atoms with Crippen LogP contribution in [0.3, 0.4) is 0 Å². The number of aryl methyl sites for hydroxylation is 1. The number of carbonyl (C=O) groups excluding carboxylic acids is 1. The van der Waals surface area contributed by atoms with Gasteiger partial charge in [0.05, 0.1) is 0 Å². The number of rotatable bonds is 5. The molecule has 1 heterocycles. The topological polar surface area (TPSA) is 49.6 Å². The maximum atomic E-state index is 12.6. The Morgan fingerprint density at radius 1 is 1.08 bits per heavy atom. The number of anilines is 1. The molecule has 144 valence electrons. The zero-order valence-electron chi connectivity index (χ0n) is 16.5. The molecule has 1 saturated heterocycles. The van der Waals surface area contributed by atoms with Crippen LogP contribution in [0.25, 0.3) is 0 Å². The van der Waals surface area contributed by atoms with E-state index < -0.39 is 0 Å². The Labute approximate surface area is 158 Å². The summed E-state index contributed by atoms with van der Waals surface area (Å²) >= 11 is 0. The van der Waals surface area contributed by atoms with Crippen LogP contribution in [0.15, 0.2) is 24.3 Å². The molecule has 1 amide bonds. The number of hydrogen-bond acceptors (Lipinski definition) is 3. The number of para-hydroxylation sites is 1. The van der Waals surface area contributed by atoms with Crippen molar-refractivity contribution in [3.63, 3.8) is 0 Å². The lowest BCUT2D eigenvalue weighted by Gasteiger charge is -2.42. The minimum atomic E-state index is 0.274. The van der Waals surface area contributed by atoms with E-state index in [4.69, 9.17) is 5.73 Å². The van der Waals surface area contributed by atoms with Gasteiger partial charge in [-0.3, -0.25) is 9.69 Å². The molecule has 0 atom stereocenters. The van der Waals surface area contributed by atoms with Gasteiger partial charge in [-0.2, -0.15) is 0 Å². The minimum absolute atomic E-state index is 0.274. The van der Waals surface area contributed by atoms with Gasteiger partial charge in [-0.05, 0) is 55.6 Å². The molecule has 2 N–H and O–H groups in total. The predicted octanol–water partition coefficient (Wildman–Crippen LogP) is 3.56. The van der Waals surface area contributed by atoms with Crippen LogP contribution >= 0.6 is 0 Å². The zero-order valence-corrected chi connectivity index (χ0v) is 16.5. The maximum Gasteiger partial charge on any atom is 0.222 e. The lowest BCUT2D eigenvalue weighted by atomic mass is 9.79. The number of carbonyl (C=O) groups is 1. The fourth-order valence-electron chi connectivity index (χ4n) is 4.63. The Morgan fingerprint density at radius 2 is 1.73 bits per heavy atom. The molecule has 1 aromatic carbocycles. The van der Waals surface area contributed by atoms with Gasteiger partial charge in [0.1, 0.15) is 0 Å². The van der Waals surface area contributed by atoms with Crippen LogP contribution in [-0.4, -0.2) is 47.9 Å². The molecule has 1 aliphatic carbocycles. The molecule has 26 heavy (non-hydrogen) atoms. The molecule has 4 nitrogen and oxygen atoms in total. The first-order valence-electron chi connectivity index (χ1n) is 10.4. The van der Waals surface area contributed by atoms with Gasteiger partial charge in [-0.25, -0.2) is 0 Å². The standard InChI is InChI=1S/C22H35N3O/c1-17(2)18-7-10-20(11-8-18)24-13-15-25(16-14-24)22(26)12-9-19-5-3-4-6-21(19)23/h3-6,17-18,20H,7-16,23H2,1-2H3. The lowest BCUT2D eigenvalue weighted by molar-refractivity contribution is -0.133. The van der Waals surface area contributed by atoms with E-state index in [0.29, 0.717) is 6.42 Å². The molecule has 0 radical (unpaired) electrons. The van der Waals surface area contributed by atoms with Crippen molar-refractivity contribution < 1.29 is 4.79 Å². The summed E-state index contributed by atoms with van der Waals surface area (Å²) in [7, 11) is 0. The van der Waals surface area contributed by atoms with Crippen molar-refractivity contribution in [1.29, 1.82) is 0 Å². The van der Waals surface area contributed by atoms with E-state index in [9.17, 15) is 4.79 Å². The first-order chi connectivity index (χ1) is 12.5. The molecule has 3 rings (SSSR count). The van der Waals surface area contributed by atoms with Crippen LogP contribution in [0, 0.1) is 11.8 Å². The van der Waals surface area contributed by atoms with Gasteiger partial charge in [0.25, 0.3) is 0 Å². The Hall–Kier alpha value is -1.55. The SMILES string of the molecule is CC(C)C1CCC(N2CCN(C(=O)CCc3ccccc3N)CC2)CC1. The molecule has 2 aliphatic rings. The van der Waals surface area contributed by atoms with E-state index in [1.165, 1.54) is 25.7 Å². The average molecular weight is 358 g/mol. The number of nitrogens with zero attached hydrogens (tertiary/aromatic N) is 2. The molecule has 0 spiro atoms. The van der Waals surface area contributed by atoms with Crippen LogP contribution in [0.2, 0.25) is 0 Å². The third-order valence-electron chi connectivity index (χ3n) is 6.53. The summed E-state index contributed by atoms with van der Waals surface area (Å²) in [6.07, 6.45) is 6.73. The van der Waals surface area contributed by atoms with Gasteiger partial charge in [-0.1, -0.05) is 32.0 Å². The second-order valence-electron chi connectivity index (χ2n) is 8.43. The second kappa shape index (κ2) is 8.90. The fourth-order valence-corrected chi connectivity index (χ4v) is 4.63. The van der Waals surface area contributed by atoms with Crippen molar-refractivity contribution in [2.75, 3.05) is 31.9 Å². The second-order valence-corrected chi connectivity index (χ2v) is 8.43. The largest absolute Gasteiger partial charge is 0.399 e. The van der Waals surface area contributed by atoms with Crippen LogP contribution < -0.4 is 5.73 Å². The van der Waals surface area contributed by atoms with E-state index >= 15 is 0 Å². The molecule has 0 bridgehead atoms. The maximum absolute atomic E-state index is 12.6. The summed E-state index contributed by atoms with van der Waals surface area (Å²) in [6.45, 7) is 8.56. The Bertz CT molecular complexity index is 585. The molecule has 0 aromatic heterocycles. The van der Waals surface area contributed by atoms with E-state index in [-0.39, 0.29) is 5.91 Å². The Balaban J connectivity index is 1.41. The Kier molecular flexibility index (Phi) is 6.58. The number of benzene rings is 1. The van der Waals surface area contributed by atoms with Gasteiger partial charge in [0.15, 0.2) is 0 Å². The number of nitrogens with two attached hydrogens (primary N) is 1. The highest BCUT2D eigenvalue weighted by atomic mass is 16.2. The number of piperazine rings is 1. The third kappa shape index (κ3) is 4.79. The highest BCUT2D eigenvalue weighted by Crippen LogP contribution is 2.32. The van der Waals surface area contributed by atoms with Gasteiger partial charge < -0.3 is 10.6 Å². The molecule has 0 unspecified atom stereocenters. The van der Waals surface area contributed by atoms with Crippen molar-refractivity contribution in [3.05, 3.63) is 29.8 Å². The van der Waals surface area contributed by atoms with Crippen molar-refractivity contribution in [2.45, 2.75) is 58.4 Å². The van der Waals surface area contributed by atoms with E-state index in [1.807, 2.05) is 24.3 Å². The lowest BCUT2D eigenvalue weighted by Crippen LogP contribution is -2.52. The molecule has 1 aliphatic heterocycles. The summed E-state index contributed by atoms with van der Waals surface area (Å²) in [4.78, 5) is 17.2. The summed E-state index contributed by atoms with van der Waals surface area (Å²) < 4.78 is 0. The third-order valence-corrected chi connectivity index (χ3v) is 6.53. The van der Waals surface area contributed by atoms with E-state index in [0.717, 1.165) is 61.7 Å². The van der Waals surface area contributed by atoms with Gasteiger partial charge in [0.2, 0.25) is 5.91 Å². The average Bonchev–Trinajstić information content (AvgIpc) is 2.67. The molecule has 1 saturated carbocycles. The normalized spacial score (nSPS) is 24.8. The summed E-state index contributed by atoms with van der Waals surface area (Å²) in [5.41, 5.74) is 7.86. The monoisotopic (exact) mass is 357 g/mol. The van der Waals surface area contributed by atoms with Crippen molar-refractivity contribution in [3.8, 4) is 0 Å². The summed E-state index contributed by atoms with van der Waals surface area (Å²) in [5, 5.41) is 0. The number of nitrogen functional groups attached to an aromatic ring is 1. The predicted molar refractivity (Wildman–Crippen MR) is 108 cm³/mol. The van der Waals surface area contributed by atoms with Crippen molar-refractivity contribution in [1.82, 2.24) is 9.80 Å². The molecular weight excluding hydrogens is 322 g/mol. The van der Waals surface area contributed by atoms with Crippen LogP contribution in [0.5, 0.6) is 0 Å². The molecule has 4 heteroatoms. The van der Waals surface area contributed by atoms with Crippen LogP contribution in [-0.2, 0) is 11.2 Å². The van der Waals surface area contributed by atoms with Gasteiger partial charge in [0, 0.05) is 44.3 Å². The van der Waals surface area contributed by atoms with E-state index in [2.05, 4.69) is 23.6 Å². The highest BCUT2D eigenvalue weighted by Gasteiger charge is 2.30. The minimum Gasteiger partial charge on any atom is -0.399 e. The summed E-state index contributed by atoms with van der Waals surface area (Å²) in [5.74, 6) is 2.01. The van der Waals surface area contributed by atoms with E-state index in [1.54, 1.807) is 0 Å². The van der Waals surface area contributed by atoms with Gasteiger partial charge in [-0.15, -0.1) is 0 Å². The molecular formula is C22H35N3O. The summed E-state index contributed by atoms with van der Waals surface area (Å²) in [6, 6.07) is 8.60. The quantitative estimate of drug-likeness (QED) is 0.820. The fraction of sp³-hybridized carbons (Fsp3) is 0.682. The number of amides is 1. The van der Waals surface area contributed by atoms with Crippen molar-refractivity contribution >= 4 is 11.6 Å². The smallest absolute Gasteiger partial charge is 0.222 e. The van der Waals surface area contributed by atoms with Crippen LogP contribution in [0.1, 0.15) is 51.5 Å². The highest BCUT2D eigenvalue weighted by molar-refractivity contribution is 5.76. The zero-order chi connectivity index (χ0) is 18.5. The molecule has 2 fully saturated rings. The number of hydrogen-bond donors (Lipinski definition) is 1. The molecule has 1 aromatic rings. The Morgan fingerprint density at radius 3 is 2.35 bits per heavy atom.